The van der Waals surface area contributed by atoms with Crippen LogP contribution < -0.4 is 5.14 Å². The third-order valence-electron chi connectivity index (χ3n) is 1.38. The van der Waals surface area contributed by atoms with E-state index in [1.807, 2.05) is 0 Å². The maximum atomic E-state index is 12.9. The van der Waals surface area contributed by atoms with E-state index in [1.165, 1.54) is 0 Å². The second kappa shape index (κ2) is 3.54. The summed E-state index contributed by atoms with van der Waals surface area (Å²) >= 11 is 0. The fourth-order valence-corrected chi connectivity index (χ4v) is 1.65. The van der Waals surface area contributed by atoms with Crippen LogP contribution in [0.15, 0.2) is 17.2 Å². The molecule has 0 spiro atoms. The van der Waals surface area contributed by atoms with Crippen LogP contribution in [0.5, 0.6) is 0 Å². The van der Waals surface area contributed by atoms with E-state index >= 15 is 0 Å². The third kappa shape index (κ3) is 2.02. The first-order chi connectivity index (χ1) is 6.34. The van der Waals surface area contributed by atoms with E-state index < -0.39 is 32.9 Å². The van der Waals surface area contributed by atoms with Crippen LogP contribution in [-0.2, 0) is 10.0 Å². The van der Waals surface area contributed by atoms with Crippen LogP contribution in [0.4, 0.5) is 13.2 Å². The van der Waals surface area contributed by atoms with Gasteiger partial charge in [0, 0.05) is 6.20 Å². The Morgan fingerprint density at radius 3 is 2.36 bits per heavy atom. The standard InChI is InChI=1S/C6H5F3N2O2S/c7-3-1-2-11-4(6(8)9)5(3)14(10,12)13/h1-2,6H,(H2,10,12,13). The van der Waals surface area contributed by atoms with Gasteiger partial charge in [-0.3, -0.25) is 4.98 Å². The number of hydrogen-bond acceptors (Lipinski definition) is 3. The summed E-state index contributed by atoms with van der Waals surface area (Å²) in [7, 11) is -4.53. The zero-order valence-corrected chi connectivity index (χ0v) is 7.43. The first-order valence-electron chi connectivity index (χ1n) is 3.29. The topological polar surface area (TPSA) is 73.1 Å². The van der Waals surface area contributed by atoms with Crippen LogP contribution in [0.3, 0.4) is 0 Å². The van der Waals surface area contributed by atoms with Crippen LogP contribution >= 0.6 is 0 Å². The Morgan fingerprint density at radius 2 is 2.00 bits per heavy atom. The molecule has 0 aliphatic rings. The first kappa shape index (κ1) is 10.9. The molecular weight excluding hydrogens is 221 g/mol. The van der Waals surface area contributed by atoms with E-state index in [-0.39, 0.29) is 0 Å². The molecule has 1 rings (SSSR count). The van der Waals surface area contributed by atoms with Gasteiger partial charge < -0.3 is 0 Å². The molecule has 4 nitrogen and oxygen atoms in total. The quantitative estimate of drug-likeness (QED) is 0.810. The summed E-state index contributed by atoms with van der Waals surface area (Å²) in [5.74, 6) is -1.34. The van der Waals surface area contributed by atoms with Gasteiger partial charge in [0.15, 0.2) is 0 Å². The fraction of sp³-hybridized carbons (Fsp3) is 0.167. The largest absolute Gasteiger partial charge is 0.281 e. The highest BCUT2D eigenvalue weighted by molar-refractivity contribution is 7.89. The fourth-order valence-electron chi connectivity index (χ4n) is 0.877. The molecule has 0 unspecified atom stereocenters. The lowest BCUT2D eigenvalue weighted by molar-refractivity contribution is 0.141. The first-order valence-corrected chi connectivity index (χ1v) is 4.84. The number of nitrogens with zero attached hydrogens (tertiary/aromatic N) is 1. The van der Waals surface area contributed by atoms with E-state index in [1.54, 1.807) is 0 Å². The summed E-state index contributed by atoms with van der Waals surface area (Å²) < 4.78 is 58.7. The molecule has 1 aromatic rings. The normalized spacial score (nSPS) is 12.1. The van der Waals surface area contributed by atoms with Crippen molar-refractivity contribution in [3.8, 4) is 0 Å². The SMILES string of the molecule is NS(=O)(=O)c1c(F)ccnc1C(F)F. The Kier molecular flexibility index (Phi) is 2.76. The van der Waals surface area contributed by atoms with Crippen LogP contribution in [0.25, 0.3) is 0 Å². The molecule has 0 atom stereocenters. The monoisotopic (exact) mass is 226 g/mol. The molecule has 0 radical (unpaired) electrons. The average Bonchev–Trinajstić information content (AvgIpc) is 2.01. The Hall–Kier alpha value is -1.15. The number of pyridine rings is 1. The summed E-state index contributed by atoms with van der Waals surface area (Å²) in [6, 6.07) is 0.644. The van der Waals surface area contributed by atoms with Crippen molar-refractivity contribution in [1.29, 1.82) is 0 Å². The highest BCUT2D eigenvalue weighted by Gasteiger charge is 2.25. The van der Waals surface area contributed by atoms with Crippen LogP contribution in [-0.4, -0.2) is 13.4 Å². The number of alkyl halides is 2. The Bertz CT molecular complexity index is 446. The summed E-state index contributed by atoms with van der Waals surface area (Å²) in [5.41, 5.74) is -1.17. The van der Waals surface area contributed by atoms with Gasteiger partial charge in [0.1, 0.15) is 16.4 Å². The minimum atomic E-state index is -4.53. The lowest BCUT2D eigenvalue weighted by Gasteiger charge is -2.05. The number of halogens is 3. The molecule has 0 aliphatic heterocycles. The van der Waals surface area contributed by atoms with Crippen molar-refractivity contribution in [2.45, 2.75) is 11.3 Å². The highest BCUT2D eigenvalue weighted by atomic mass is 32.2. The number of hydrogen-bond donors (Lipinski definition) is 1. The second-order valence-electron chi connectivity index (χ2n) is 2.35. The van der Waals surface area contributed by atoms with Gasteiger partial charge in [0.25, 0.3) is 6.43 Å². The number of nitrogens with two attached hydrogens (primary N) is 1. The summed E-state index contributed by atoms with van der Waals surface area (Å²) in [5, 5.41) is 4.56. The molecule has 0 amide bonds. The zero-order chi connectivity index (χ0) is 10.9. The van der Waals surface area contributed by atoms with Gasteiger partial charge in [0.05, 0.1) is 0 Å². The number of primary sulfonamides is 1. The molecule has 0 bridgehead atoms. The average molecular weight is 226 g/mol. The van der Waals surface area contributed by atoms with Crippen LogP contribution in [0.2, 0.25) is 0 Å². The molecule has 78 valence electrons. The van der Waals surface area contributed by atoms with E-state index in [0.29, 0.717) is 6.07 Å². The van der Waals surface area contributed by atoms with Gasteiger partial charge in [0.2, 0.25) is 10.0 Å². The zero-order valence-electron chi connectivity index (χ0n) is 6.62. The molecule has 0 fully saturated rings. The summed E-state index contributed by atoms with van der Waals surface area (Å²) in [6.45, 7) is 0. The predicted molar refractivity (Wildman–Crippen MR) is 40.5 cm³/mol. The van der Waals surface area contributed by atoms with Crippen molar-refractivity contribution >= 4 is 10.0 Å². The van der Waals surface area contributed by atoms with Crippen LogP contribution in [0, 0.1) is 5.82 Å². The minimum Gasteiger partial charge on any atom is -0.254 e. The van der Waals surface area contributed by atoms with Gasteiger partial charge in [-0.05, 0) is 6.07 Å². The lowest BCUT2D eigenvalue weighted by atomic mass is 10.3. The summed E-state index contributed by atoms with van der Waals surface area (Å²) in [6.07, 6.45) is -2.45. The molecule has 1 heterocycles. The van der Waals surface area contributed by atoms with E-state index in [9.17, 15) is 21.6 Å². The molecule has 1 aromatic heterocycles. The predicted octanol–water partition coefficient (Wildman–Crippen LogP) is 0.806. The van der Waals surface area contributed by atoms with Gasteiger partial charge in [-0.25, -0.2) is 26.7 Å². The van der Waals surface area contributed by atoms with E-state index in [2.05, 4.69) is 10.1 Å². The second-order valence-corrected chi connectivity index (χ2v) is 3.85. The van der Waals surface area contributed by atoms with Gasteiger partial charge in [-0.1, -0.05) is 0 Å². The smallest absolute Gasteiger partial charge is 0.254 e. The van der Waals surface area contributed by atoms with Crippen molar-refractivity contribution in [3.05, 3.63) is 23.8 Å². The minimum absolute atomic E-state index is 0.644. The lowest BCUT2D eigenvalue weighted by Crippen LogP contribution is -2.17. The maximum Gasteiger partial charge on any atom is 0.281 e. The van der Waals surface area contributed by atoms with Crippen molar-refractivity contribution < 1.29 is 21.6 Å². The van der Waals surface area contributed by atoms with Crippen molar-refractivity contribution in [2.24, 2.45) is 5.14 Å². The van der Waals surface area contributed by atoms with Crippen molar-refractivity contribution in [3.63, 3.8) is 0 Å². The van der Waals surface area contributed by atoms with Crippen LogP contribution in [0.1, 0.15) is 12.1 Å². The molecule has 0 aromatic carbocycles. The van der Waals surface area contributed by atoms with Gasteiger partial charge in [-0.15, -0.1) is 0 Å². The molecule has 0 saturated carbocycles. The number of sulfonamides is 1. The molecule has 0 saturated heterocycles. The van der Waals surface area contributed by atoms with Crippen molar-refractivity contribution in [1.82, 2.24) is 4.98 Å². The van der Waals surface area contributed by atoms with Gasteiger partial charge >= 0.3 is 0 Å². The Balaban J connectivity index is 3.54. The number of rotatable bonds is 2. The highest BCUT2D eigenvalue weighted by Crippen LogP contribution is 2.25. The molecule has 0 aliphatic carbocycles. The van der Waals surface area contributed by atoms with Gasteiger partial charge in [-0.2, -0.15) is 0 Å². The summed E-state index contributed by atoms with van der Waals surface area (Å²) in [4.78, 5) is 1.80. The molecule has 14 heavy (non-hydrogen) atoms. The Labute approximate surface area is 77.6 Å². The van der Waals surface area contributed by atoms with E-state index in [0.717, 1.165) is 6.20 Å². The maximum absolute atomic E-state index is 12.9. The molecule has 2 N–H and O–H groups in total. The molecule has 8 heteroatoms. The number of aromatic nitrogens is 1. The van der Waals surface area contributed by atoms with E-state index in [4.69, 9.17) is 0 Å². The molecular formula is C6H5F3N2O2S. The third-order valence-corrected chi connectivity index (χ3v) is 2.35. The van der Waals surface area contributed by atoms with Crippen molar-refractivity contribution in [2.75, 3.05) is 0 Å². The Morgan fingerprint density at radius 1 is 1.43 bits per heavy atom.